The van der Waals surface area contributed by atoms with E-state index in [9.17, 15) is 14.7 Å². The van der Waals surface area contributed by atoms with Crippen LogP contribution in [0, 0.1) is 0 Å². The first-order chi connectivity index (χ1) is 21.9. The Labute approximate surface area is 267 Å². The fourth-order valence-electron chi connectivity index (χ4n) is 5.12. The number of thiazole rings is 1. The molecule has 0 saturated carbocycles. The molecule has 10 heteroatoms. The molecule has 0 bridgehead atoms. The van der Waals surface area contributed by atoms with Crippen LogP contribution in [0.4, 0.5) is 5.13 Å². The van der Waals surface area contributed by atoms with E-state index < -0.39 is 17.7 Å². The average Bonchev–Trinajstić information content (AvgIpc) is 3.58. The van der Waals surface area contributed by atoms with Crippen molar-refractivity contribution in [2.75, 3.05) is 31.8 Å². The van der Waals surface area contributed by atoms with Crippen LogP contribution in [0.3, 0.4) is 0 Å². The van der Waals surface area contributed by atoms with Crippen LogP contribution in [0.5, 0.6) is 23.0 Å². The number of amides is 1. The number of rotatable bonds is 14. The Morgan fingerprint density at radius 2 is 1.64 bits per heavy atom. The van der Waals surface area contributed by atoms with Crippen molar-refractivity contribution in [1.82, 2.24) is 4.98 Å². The molecule has 1 N–H and O–H groups in total. The molecule has 1 fully saturated rings. The fraction of sp³-hybridized carbons (Fsp3) is 0.343. The van der Waals surface area contributed by atoms with E-state index in [1.807, 2.05) is 25.1 Å². The van der Waals surface area contributed by atoms with Gasteiger partial charge in [0.2, 0.25) is 0 Å². The highest BCUT2D eigenvalue weighted by Gasteiger charge is 2.48. The van der Waals surface area contributed by atoms with Gasteiger partial charge in [-0.05, 0) is 67.8 Å². The molecule has 1 aliphatic rings. The van der Waals surface area contributed by atoms with E-state index in [1.165, 1.54) is 23.3 Å². The highest BCUT2D eigenvalue weighted by Crippen LogP contribution is 2.46. The topological polar surface area (TPSA) is 107 Å². The first-order valence-corrected chi connectivity index (χ1v) is 16.1. The molecule has 3 aromatic carbocycles. The minimum Gasteiger partial charge on any atom is -0.507 e. The lowest BCUT2D eigenvalue weighted by Gasteiger charge is -2.24. The summed E-state index contributed by atoms with van der Waals surface area (Å²) in [6, 6.07) is 16.7. The summed E-state index contributed by atoms with van der Waals surface area (Å²) >= 11 is 1.27. The molecule has 1 amide bonds. The molecular formula is C35H38N2O7S. The van der Waals surface area contributed by atoms with Crippen molar-refractivity contribution in [3.8, 4) is 23.0 Å². The number of aliphatic hydroxyl groups is 1. The number of carbonyl (C=O) groups excluding carboxylic acids is 2. The number of anilines is 1. The zero-order valence-corrected chi connectivity index (χ0v) is 26.8. The number of fused-ring (bicyclic) bond motifs is 1. The molecule has 0 aliphatic carbocycles. The van der Waals surface area contributed by atoms with Gasteiger partial charge in [-0.3, -0.25) is 14.5 Å². The van der Waals surface area contributed by atoms with Crippen molar-refractivity contribution in [2.45, 2.75) is 52.5 Å². The fourth-order valence-corrected chi connectivity index (χ4v) is 6.14. The molecule has 9 nitrogen and oxygen atoms in total. The summed E-state index contributed by atoms with van der Waals surface area (Å²) in [5.41, 5.74) is 1.53. The lowest BCUT2D eigenvalue weighted by molar-refractivity contribution is -0.132. The maximum Gasteiger partial charge on any atom is 0.301 e. The Morgan fingerprint density at radius 3 is 2.38 bits per heavy atom. The van der Waals surface area contributed by atoms with Crippen molar-refractivity contribution in [3.63, 3.8) is 0 Å². The first kappa shape index (κ1) is 31.8. The summed E-state index contributed by atoms with van der Waals surface area (Å²) in [7, 11) is 1.54. The third-order valence-corrected chi connectivity index (χ3v) is 8.46. The maximum atomic E-state index is 13.8. The zero-order valence-electron chi connectivity index (χ0n) is 26.0. The molecule has 45 heavy (non-hydrogen) atoms. The van der Waals surface area contributed by atoms with Gasteiger partial charge in [-0.15, -0.1) is 0 Å². The second kappa shape index (κ2) is 14.5. The van der Waals surface area contributed by atoms with Crippen LogP contribution in [-0.4, -0.2) is 48.7 Å². The first-order valence-electron chi connectivity index (χ1n) is 15.3. The zero-order chi connectivity index (χ0) is 31.9. The highest BCUT2D eigenvalue weighted by molar-refractivity contribution is 7.22. The summed E-state index contributed by atoms with van der Waals surface area (Å²) < 4.78 is 23.9. The molecule has 0 radical (unpaired) electrons. The quantitative estimate of drug-likeness (QED) is 0.0654. The van der Waals surface area contributed by atoms with Crippen molar-refractivity contribution in [1.29, 1.82) is 0 Å². The van der Waals surface area contributed by atoms with Crippen LogP contribution in [-0.2, 0) is 9.59 Å². The molecule has 1 aliphatic heterocycles. The van der Waals surface area contributed by atoms with Gasteiger partial charge in [0.25, 0.3) is 5.78 Å². The molecule has 236 valence electrons. The van der Waals surface area contributed by atoms with E-state index in [0.29, 0.717) is 64.6 Å². The SMILES string of the molecule is CCCCOc1cccc(C(O)=C2C(=O)C(=O)N(c3nc4ccc(OCC)cc4s3)C2c2ccc(OCCCC)c(OC)c2)c1. The monoisotopic (exact) mass is 630 g/mol. The Morgan fingerprint density at radius 1 is 0.889 bits per heavy atom. The predicted molar refractivity (Wildman–Crippen MR) is 176 cm³/mol. The number of carbonyl (C=O) groups is 2. The predicted octanol–water partition coefficient (Wildman–Crippen LogP) is 7.69. The minimum absolute atomic E-state index is 0.0540. The number of ether oxygens (including phenoxy) is 4. The molecule has 1 aromatic heterocycles. The van der Waals surface area contributed by atoms with E-state index >= 15 is 0 Å². The number of nitrogens with zero attached hydrogens (tertiary/aromatic N) is 2. The number of benzene rings is 3. The number of hydrogen-bond donors (Lipinski definition) is 1. The van der Waals surface area contributed by atoms with E-state index in [1.54, 1.807) is 42.5 Å². The van der Waals surface area contributed by atoms with E-state index in [4.69, 9.17) is 23.9 Å². The van der Waals surface area contributed by atoms with Gasteiger partial charge in [0.1, 0.15) is 17.3 Å². The van der Waals surface area contributed by atoms with Gasteiger partial charge in [0.15, 0.2) is 16.6 Å². The van der Waals surface area contributed by atoms with Gasteiger partial charge in [0, 0.05) is 5.56 Å². The van der Waals surface area contributed by atoms with Crippen LogP contribution < -0.4 is 23.8 Å². The van der Waals surface area contributed by atoms with E-state index in [-0.39, 0.29) is 11.3 Å². The largest absolute Gasteiger partial charge is 0.507 e. The lowest BCUT2D eigenvalue weighted by Crippen LogP contribution is -2.29. The molecule has 1 saturated heterocycles. The third kappa shape index (κ3) is 6.76. The van der Waals surface area contributed by atoms with Gasteiger partial charge in [-0.25, -0.2) is 4.98 Å². The van der Waals surface area contributed by atoms with E-state index in [0.717, 1.165) is 30.4 Å². The Bertz CT molecular complexity index is 1710. The molecule has 1 unspecified atom stereocenters. The molecule has 5 rings (SSSR count). The molecule has 0 spiro atoms. The van der Waals surface area contributed by atoms with Gasteiger partial charge >= 0.3 is 5.91 Å². The highest BCUT2D eigenvalue weighted by atomic mass is 32.1. The Hall–Kier alpha value is -4.57. The third-order valence-electron chi connectivity index (χ3n) is 7.44. The average molecular weight is 631 g/mol. The summed E-state index contributed by atoms with van der Waals surface area (Å²) in [6.45, 7) is 7.63. The number of unbranched alkanes of at least 4 members (excludes halogenated alkanes) is 2. The van der Waals surface area contributed by atoms with Crippen molar-refractivity contribution >= 4 is 44.1 Å². The lowest BCUT2D eigenvalue weighted by atomic mass is 9.95. The molecule has 1 atom stereocenters. The summed E-state index contributed by atoms with van der Waals surface area (Å²) in [4.78, 5) is 33.7. The summed E-state index contributed by atoms with van der Waals surface area (Å²) in [5.74, 6) is 0.338. The number of hydrogen-bond acceptors (Lipinski definition) is 9. The van der Waals surface area contributed by atoms with Crippen LogP contribution in [0.2, 0.25) is 0 Å². The molecular weight excluding hydrogens is 592 g/mol. The molecule has 4 aromatic rings. The number of aromatic nitrogens is 1. The van der Waals surface area contributed by atoms with E-state index in [2.05, 4.69) is 13.8 Å². The summed E-state index contributed by atoms with van der Waals surface area (Å²) in [6.07, 6.45) is 3.73. The van der Waals surface area contributed by atoms with Gasteiger partial charge in [-0.2, -0.15) is 0 Å². The number of methoxy groups -OCH3 is 1. The van der Waals surface area contributed by atoms with Crippen LogP contribution in [0.15, 0.2) is 66.2 Å². The number of ketones is 1. The van der Waals surface area contributed by atoms with Gasteiger partial charge in [-0.1, -0.05) is 56.2 Å². The minimum atomic E-state index is -0.986. The Kier molecular flexibility index (Phi) is 10.2. The van der Waals surface area contributed by atoms with Crippen molar-refractivity contribution in [3.05, 3.63) is 77.4 Å². The second-order valence-corrected chi connectivity index (χ2v) is 11.6. The summed E-state index contributed by atoms with van der Waals surface area (Å²) in [5, 5.41) is 12.0. The van der Waals surface area contributed by atoms with Crippen LogP contribution in [0.25, 0.3) is 16.0 Å². The van der Waals surface area contributed by atoms with Gasteiger partial charge in [0.05, 0.1) is 48.8 Å². The van der Waals surface area contributed by atoms with Crippen molar-refractivity contribution < 1.29 is 33.6 Å². The van der Waals surface area contributed by atoms with Crippen LogP contribution in [0.1, 0.15) is 63.6 Å². The number of aliphatic hydroxyl groups excluding tert-OH is 1. The standard InChI is InChI=1S/C35H38N2O7S/c1-5-8-17-43-24-12-10-11-23(19-24)32(38)30-31(22-13-16-27(28(20-22)41-4)44-18-9-6-2)37(34(40)33(30)39)35-36-26-15-14-25(42-7-3)21-29(26)45-35/h10-16,19-21,31,38H,5-9,17-18H2,1-4H3. The van der Waals surface area contributed by atoms with Crippen molar-refractivity contribution in [2.24, 2.45) is 0 Å². The number of Topliss-reactive ketones (excluding diaryl/α,β-unsaturated/α-hetero) is 1. The normalized spacial score (nSPS) is 15.9. The molecule has 2 heterocycles. The second-order valence-electron chi connectivity index (χ2n) is 10.6. The van der Waals surface area contributed by atoms with Gasteiger partial charge < -0.3 is 24.1 Å². The smallest absolute Gasteiger partial charge is 0.301 e. The maximum absolute atomic E-state index is 13.8. The Balaban J connectivity index is 1.64. The van der Waals surface area contributed by atoms with Crippen LogP contribution >= 0.6 is 11.3 Å².